The molecule has 0 spiro atoms. The maximum atomic E-state index is 11.3. The second kappa shape index (κ2) is 5.21. The van der Waals surface area contributed by atoms with E-state index in [1.54, 1.807) is 12.2 Å². The molecule has 1 aliphatic heterocycles. The predicted octanol–water partition coefficient (Wildman–Crippen LogP) is 1.73. The van der Waals surface area contributed by atoms with E-state index in [-0.39, 0.29) is 12.7 Å². The lowest BCUT2D eigenvalue weighted by atomic mass is 10.2. The fourth-order valence-electron chi connectivity index (χ4n) is 1.42. The molecule has 4 heteroatoms. The summed E-state index contributed by atoms with van der Waals surface area (Å²) in [5, 5.41) is 2.66. The zero-order chi connectivity index (χ0) is 12.1. The van der Waals surface area contributed by atoms with Crippen LogP contribution in [-0.4, -0.2) is 19.2 Å². The molecule has 0 radical (unpaired) electrons. The molecule has 0 aromatic heterocycles. The molecule has 0 saturated heterocycles. The van der Waals surface area contributed by atoms with Gasteiger partial charge in [0.25, 0.3) is 0 Å². The van der Waals surface area contributed by atoms with Crippen LogP contribution in [0, 0.1) is 0 Å². The molecule has 88 valence electrons. The minimum absolute atomic E-state index is 0.150. The lowest BCUT2D eigenvalue weighted by Crippen LogP contribution is -2.20. The second-order valence-corrected chi connectivity index (χ2v) is 3.48. The third-order valence-corrected chi connectivity index (χ3v) is 2.24. The molecule has 0 fully saturated rings. The van der Waals surface area contributed by atoms with Crippen LogP contribution in [0.4, 0.5) is 0 Å². The summed E-state index contributed by atoms with van der Waals surface area (Å²) < 4.78 is 10.4. The fraction of sp³-hybridized carbons (Fsp3) is 0.154. The highest BCUT2D eigenvalue weighted by Gasteiger charge is 2.12. The molecule has 0 bridgehead atoms. The minimum atomic E-state index is -0.150. The Labute approximate surface area is 99.5 Å². The Balaban J connectivity index is 2.01. The van der Waals surface area contributed by atoms with E-state index in [2.05, 4.69) is 11.9 Å². The first-order valence-electron chi connectivity index (χ1n) is 5.26. The monoisotopic (exact) mass is 231 g/mol. The van der Waals surface area contributed by atoms with Crippen molar-refractivity contribution in [1.29, 1.82) is 0 Å². The highest BCUT2D eigenvalue weighted by atomic mass is 16.7. The SMILES string of the molecule is C=CCNC(=O)/C=C/c1ccc2c(c1)OCO2. The lowest BCUT2D eigenvalue weighted by molar-refractivity contribution is -0.116. The molecule has 1 aromatic rings. The molecule has 1 amide bonds. The average Bonchev–Trinajstić information content (AvgIpc) is 2.81. The van der Waals surface area contributed by atoms with Crippen molar-refractivity contribution in [2.75, 3.05) is 13.3 Å². The van der Waals surface area contributed by atoms with Crippen molar-refractivity contribution < 1.29 is 14.3 Å². The van der Waals surface area contributed by atoms with Crippen molar-refractivity contribution in [1.82, 2.24) is 5.32 Å². The Morgan fingerprint density at radius 2 is 2.24 bits per heavy atom. The number of amides is 1. The van der Waals surface area contributed by atoms with Gasteiger partial charge in [-0.25, -0.2) is 0 Å². The quantitative estimate of drug-likeness (QED) is 0.634. The van der Waals surface area contributed by atoms with Crippen LogP contribution >= 0.6 is 0 Å². The van der Waals surface area contributed by atoms with Gasteiger partial charge in [-0.1, -0.05) is 12.1 Å². The number of carbonyl (C=O) groups is 1. The summed E-state index contributed by atoms with van der Waals surface area (Å²) in [5.74, 6) is 1.29. The van der Waals surface area contributed by atoms with Gasteiger partial charge in [0.1, 0.15) is 0 Å². The van der Waals surface area contributed by atoms with Crippen molar-refractivity contribution in [2.24, 2.45) is 0 Å². The Morgan fingerprint density at radius 1 is 1.41 bits per heavy atom. The zero-order valence-electron chi connectivity index (χ0n) is 9.31. The standard InChI is InChI=1S/C13H13NO3/c1-2-7-14-13(15)6-4-10-3-5-11-12(8-10)17-9-16-11/h2-6,8H,1,7,9H2,(H,14,15)/b6-4+. The van der Waals surface area contributed by atoms with Gasteiger partial charge < -0.3 is 14.8 Å². The third-order valence-electron chi connectivity index (χ3n) is 2.24. The van der Waals surface area contributed by atoms with Gasteiger partial charge >= 0.3 is 0 Å². The second-order valence-electron chi connectivity index (χ2n) is 3.48. The molecule has 0 atom stereocenters. The number of rotatable bonds is 4. The van der Waals surface area contributed by atoms with E-state index in [0.717, 1.165) is 11.3 Å². The molecule has 0 aliphatic carbocycles. The lowest BCUT2D eigenvalue weighted by Gasteiger charge is -1.98. The predicted molar refractivity (Wildman–Crippen MR) is 64.8 cm³/mol. The molecule has 0 unspecified atom stereocenters. The summed E-state index contributed by atoms with van der Waals surface area (Å²) in [5.41, 5.74) is 0.892. The van der Waals surface area contributed by atoms with Crippen LogP contribution in [0.1, 0.15) is 5.56 Å². The molecule has 1 N–H and O–H groups in total. The molecule has 4 nitrogen and oxygen atoms in total. The molecule has 0 saturated carbocycles. The van der Waals surface area contributed by atoms with Crippen LogP contribution in [0.15, 0.2) is 36.9 Å². The maximum absolute atomic E-state index is 11.3. The van der Waals surface area contributed by atoms with Crippen LogP contribution in [0.2, 0.25) is 0 Å². The van der Waals surface area contributed by atoms with E-state index in [4.69, 9.17) is 9.47 Å². The van der Waals surface area contributed by atoms with Crippen molar-refractivity contribution in [3.8, 4) is 11.5 Å². The zero-order valence-corrected chi connectivity index (χ0v) is 9.31. The summed E-state index contributed by atoms with van der Waals surface area (Å²) >= 11 is 0. The van der Waals surface area contributed by atoms with E-state index in [9.17, 15) is 4.79 Å². The van der Waals surface area contributed by atoms with Gasteiger partial charge in [0.15, 0.2) is 11.5 Å². The smallest absolute Gasteiger partial charge is 0.244 e. The van der Waals surface area contributed by atoms with Crippen LogP contribution in [0.3, 0.4) is 0 Å². The highest BCUT2D eigenvalue weighted by molar-refractivity contribution is 5.91. The first kappa shape index (κ1) is 11.3. The number of hydrogen-bond acceptors (Lipinski definition) is 3. The Hall–Kier alpha value is -2.23. The molecule has 1 heterocycles. The summed E-state index contributed by atoms with van der Waals surface area (Å²) in [6.45, 7) is 4.24. The topological polar surface area (TPSA) is 47.6 Å². The van der Waals surface area contributed by atoms with E-state index in [1.807, 2.05) is 18.2 Å². The summed E-state index contributed by atoms with van der Waals surface area (Å²) in [6.07, 6.45) is 4.83. The van der Waals surface area contributed by atoms with Gasteiger partial charge in [0.2, 0.25) is 12.7 Å². The molecule has 1 aliphatic rings. The Morgan fingerprint density at radius 3 is 3.06 bits per heavy atom. The van der Waals surface area contributed by atoms with E-state index in [0.29, 0.717) is 12.3 Å². The number of benzene rings is 1. The van der Waals surface area contributed by atoms with Gasteiger partial charge in [0, 0.05) is 12.6 Å². The van der Waals surface area contributed by atoms with Crippen LogP contribution in [0.5, 0.6) is 11.5 Å². The van der Waals surface area contributed by atoms with Gasteiger partial charge in [-0.15, -0.1) is 6.58 Å². The number of nitrogens with one attached hydrogen (secondary N) is 1. The van der Waals surface area contributed by atoms with Crippen molar-refractivity contribution >= 4 is 12.0 Å². The van der Waals surface area contributed by atoms with Crippen molar-refractivity contribution in [3.05, 3.63) is 42.5 Å². The van der Waals surface area contributed by atoms with E-state index in [1.165, 1.54) is 6.08 Å². The van der Waals surface area contributed by atoms with Gasteiger partial charge in [-0.2, -0.15) is 0 Å². The summed E-state index contributed by atoms with van der Waals surface area (Å²) in [4.78, 5) is 11.3. The van der Waals surface area contributed by atoms with Gasteiger partial charge in [0.05, 0.1) is 0 Å². The molecular weight excluding hydrogens is 218 g/mol. The fourth-order valence-corrected chi connectivity index (χ4v) is 1.42. The largest absolute Gasteiger partial charge is 0.454 e. The van der Waals surface area contributed by atoms with E-state index < -0.39 is 0 Å². The van der Waals surface area contributed by atoms with Gasteiger partial charge in [-0.3, -0.25) is 4.79 Å². The number of ether oxygens (including phenoxy) is 2. The normalized spacial score (nSPS) is 12.7. The number of fused-ring (bicyclic) bond motifs is 1. The van der Waals surface area contributed by atoms with Crippen molar-refractivity contribution in [2.45, 2.75) is 0 Å². The molecule has 2 rings (SSSR count). The number of carbonyl (C=O) groups excluding carboxylic acids is 1. The van der Waals surface area contributed by atoms with E-state index >= 15 is 0 Å². The highest BCUT2D eigenvalue weighted by Crippen LogP contribution is 2.32. The van der Waals surface area contributed by atoms with Gasteiger partial charge in [-0.05, 0) is 23.8 Å². The van der Waals surface area contributed by atoms with Crippen LogP contribution in [0.25, 0.3) is 6.08 Å². The number of hydrogen-bond donors (Lipinski definition) is 1. The van der Waals surface area contributed by atoms with Crippen molar-refractivity contribution in [3.63, 3.8) is 0 Å². The first-order valence-corrected chi connectivity index (χ1v) is 5.26. The molecular formula is C13H13NO3. The Kier molecular flexibility index (Phi) is 3.45. The average molecular weight is 231 g/mol. The maximum Gasteiger partial charge on any atom is 0.244 e. The first-order chi connectivity index (χ1) is 8.29. The molecule has 1 aromatic carbocycles. The van der Waals surface area contributed by atoms with Crippen LogP contribution in [-0.2, 0) is 4.79 Å². The minimum Gasteiger partial charge on any atom is -0.454 e. The third kappa shape index (κ3) is 2.87. The summed E-state index contributed by atoms with van der Waals surface area (Å²) in [6, 6.07) is 5.52. The molecule has 17 heavy (non-hydrogen) atoms. The van der Waals surface area contributed by atoms with Crippen LogP contribution < -0.4 is 14.8 Å². The Bertz CT molecular complexity index is 466. The summed E-state index contributed by atoms with van der Waals surface area (Å²) in [7, 11) is 0.